The van der Waals surface area contributed by atoms with Crippen molar-refractivity contribution in [1.29, 1.82) is 0 Å². The van der Waals surface area contributed by atoms with E-state index < -0.39 is 0 Å². The molecule has 0 radical (unpaired) electrons. The van der Waals surface area contributed by atoms with E-state index in [2.05, 4.69) is 14.6 Å². The first-order chi connectivity index (χ1) is 15.1. The number of carbonyl (C=O) groups excluding carboxylic acids is 3. The average molecular weight is 447 g/mol. The SMILES string of the molecule is O=C(NCC(=O)N1CCC(N2C(=O)O[C@H]3CN(c4nc(C5CC5)ns4)C[C@H]32)C1)C1CC1. The maximum absolute atomic E-state index is 12.6. The molecule has 2 saturated carbocycles. The largest absolute Gasteiger partial charge is 0.442 e. The fourth-order valence-electron chi connectivity index (χ4n) is 4.86. The minimum Gasteiger partial charge on any atom is -0.442 e. The molecule has 3 amide bonds. The molecule has 0 spiro atoms. The summed E-state index contributed by atoms with van der Waals surface area (Å²) in [7, 11) is 0. The average Bonchev–Trinajstić information content (AvgIpc) is 3.61. The molecule has 4 heterocycles. The number of carbonyl (C=O) groups is 3. The van der Waals surface area contributed by atoms with Crippen molar-refractivity contribution in [3.8, 4) is 0 Å². The van der Waals surface area contributed by atoms with Gasteiger partial charge in [-0.2, -0.15) is 4.37 Å². The molecular formula is C20H26N6O4S. The number of likely N-dealkylation sites (tertiary alicyclic amines) is 1. The van der Waals surface area contributed by atoms with Crippen molar-refractivity contribution in [2.75, 3.05) is 37.6 Å². The fourth-order valence-corrected chi connectivity index (χ4v) is 5.63. The molecule has 0 bridgehead atoms. The van der Waals surface area contributed by atoms with Gasteiger partial charge in [0.2, 0.25) is 16.9 Å². The topological polar surface area (TPSA) is 108 Å². The zero-order chi connectivity index (χ0) is 21.1. The van der Waals surface area contributed by atoms with Crippen LogP contribution in [0.5, 0.6) is 0 Å². The summed E-state index contributed by atoms with van der Waals surface area (Å²) < 4.78 is 10.2. The lowest BCUT2D eigenvalue weighted by Crippen LogP contribution is -2.47. The van der Waals surface area contributed by atoms with Gasteiger partial charge < -0.3 is 19.9 Å². The first-order valence-corrected chi connectivity index (χ1v) is 12.0. The standard InChI is InChI=1S/C20H26N6O4S/c27-16(7-21-18(28)12-3-4-12)24-6-5-13(8-24)26-14-9-25(10-15(14)30-20(26)29)19-22-17(23-31-19)11-1-2-11/h11-15H,1-10H2,(H,21,28)/t13?,14-,15+/m1/s1. The van der Waals surface area contributed by atoms with Crippen LogP contribution in [0.3, 0.4) is 0 Å². The van der Waals surface area contributed by atoms with E-state index in [0.29, 0.717) is 32.1 Å². The Bertz CT molecular complexity index is 915. The summed E-state index contributed by atoms with van der Waals surface area (Å²) in [4.78, 5) is 47.4. The van der Waals surface area contributed by atoms with Crippen molar-refractivity contribution >= 4 is 34.6 Å². The first kappa shape index (κ1) is 19.3. The zero-order valence-corrected chi connectivity index (χ0v) is 18.1. The summed E-state index contributed by atoms with van der Waals surface area (Å²) in [6.45, 7) is 2.43. The third-order valence-corrected chi connectivity index (χ3v) is 7.76. The number of ether oxygens (including phenoxy) is 1. The highest BCUT2D eigenvalue weighted by atomic mass is 32.1. The monoisotopic (exact) mass is 446 g/mol. The minimum absolute atomic E-state index is 0.0253. The van der Waals surface area contributed by atoms with Crippen molar-refractivity contribution in [3.05, 3.63) is 5.82 Å². The molecule has 3 atom stereocenters. The van der Waals surface area contributed by atoms with Crippen LogP contribution in [0.25, 0.3) is 0 Å². The maximum Gasteiger partial charge on any atom is 0.410 e. The normalized spacial score (nSPS) is 30.0. The van der Waals surface area contributed by atoms with E-state index in [1.54, 1.807) is 4.90 Å². The smallest absolute Gasteiger partial charge is 0.410 e. The van der Waals surface area contributed by atoms with Gasteiger partial charge in [-0.1, -0.05) is 0 Å². The molecule has 2 aliphatic carbocycles. The van der Waals surface area contributed by atoms with Crippen molar-refractivity contribution in [3.63, 3.8) is 0 Å². The third-order valence-electron chi connectivity index (χ3n) is 6.97. The molecule has 1 aromatic rings. The maximum atomic E-state index is 12.6. The molecule has 1 aromatic heterocycles. The highest BCUT2D eigenvalue weighted by Crippen LogP contribution is 2.41. The molecule has 0 aromatic carbocycles. The van der Waals surface area contributed by atoms with Gasteiger partial charge in [0.05, 0.1) is 25.2 Å². The summed E-state index contributed by atoms with van der Waals surface area (Å²) in [6.07, 6.45) is 4.45. The Hall–Kier alpha value is -2.43. The second kappa shape index (κ2) is 7.32. The lowest BCUT2D eigenvalue weighted by molar-refractivity contribution is -0.132. The molecular weight excluding hydrogens is 420 g/mol. The number of amides is 3. The van der Waals surface area contributed by atoms with Crippen LogP contribution in [-0.2, 0) is 14.3 Å². The van der Waals surface area contributed by atoms with Gasteiger partial charge in [-0.05, 0) is 32.1 Å². The summed E-state index contributed by atoms with van der Waals surface area (Å²) in [5.74, 6) is 1.45. The first-order valence-electron chi connectivity index (χ1n) is 11.2. The van der Waals surface area contributed by atoms with Crippen molar-refractivity contribution in [1.82, 2.24) is 24.5 Å². The van der Waals surface area contributed by atoms with Gasteiger partial charge in [0, 0.05) is 43.0 Å². The van der Waals surface area contributed by atoms with Crippen LogP contribution < -0.4 is 10.2 Å². The quantitative estimate of drug-likeness (QED) is 0.680. The lowest BCUT2D eigenvalue weighted by atomic mass is 10.1. The number of hydrogen-bond acceptors (Lipinski definition) is 8. The molecule has 1 unspecified atom stereocenters. The number of rotatable bonds is 6. The molecule has 5 aliphatic rings. The number of hydrogen-bond donors (Lipinski definition) is 1. The predicted octanol–water partition coefficient (Wildman–Crippen LogP) is 0.552. The van der Waals surface area contributed by atoms with E-state index in [-0.39, 0.29) is 48.6 Å². The second-order valence-electron chi connectivity index (χ2n) is 9.29. The van der Waals surface area contributed by atoms with E-state index in [1.807, 2.05) is 4.90 Å². The second-order valence-corrected chi connectivity index (χ2v) is 10.0. The van der Waals surface area contributed by atoms with Gasteiger partial charge in [0.1, 0.15) is 11.9 Å². The highest BCUT2D eigenvalue weighted by Gasteiger charge is 2.52. The Morgan fingerprint density at radius 2 is 1.97 bits per heavy atom. The number of fused-ring (bicyclic) bond motifs is 1. The van der Waals surface area contributed by atoms with Gasteiger partial charge in [-0.15, -0.1) is 0 Å². The Morgan fingerprint density at radius 3 is 2.74 bits per heavy atom. The predicted molar refractivity (Wildman–Crippen MR) is 111 cm³/mol. The van der Waals surface area contributed by atoms with E-state index in [0.717, 1.165) is 30.2 Å². The van der Waals surface area contributed by atoms with Gasteiger partial charge in [-0.3, -0.25) is 14.5 Å². The van der Waals surface area contributed by atoms with Gasteiger partial charge in [0.15, 0.2) is 0 Å². The molecule has 6 rings (SSSR count). The lowest BCUT2D eigenvalue weighted by Gasteiger charge is -2.28. The van der Waals surface area contributed by atoms with E-state index in [1.165, 1.54) is 24.4 Å². The molecule has 11 heteroatoms. The highest BCUT2D eigenvalue weighted by molar-refractivity contribution is 7.09. The zero-order valence-electron chi connectivity index (χ0n) is 17.2. The molecule has 3 aliphatic heterocycles. The van der Waals surface area contributed by atoms with Gasteiger partial charge in [0.25, 0.3) is 0 Å². The molecule has 31 heavy (non-hydrogen) atoms. The molecule has 5 fully saturated rings. The van der Waals surface area contributed by atoms with E-state index in [4.69, 9.17) is 9.72 Å². The number of anilines is 1. The van der Waals surface area contributed by atoms with Crippen LogP contribution >= 0.6 is 11.5 Å². The number of nitrogens with one attached hydrogen (secondary N) is 1. The summed E-state index contributed by atoms with van der Waals surface area (Å²) >= 11 is 1.42. The summed E-state index contributed by atoms with van der Waals surface area (Å²) in [5.41, 5.74) is 0. The van der Waals surface area contributed by atoms with Crippen LogP contribution in [0.15, 0.2) is 0 Å². The summed E-state index contributed by atoms with van der Waals surface area (Å²) in [6, 6.07) is -0.0858. The minimum atomic E-state index is -0.285. The van der Waals surface area contributed by atoms with Gasteiger partial charge >= 0.3 is 6.09 Å². The Morgan fingerprint density at radius 1 is 1.13 bits per heavy atom. The Balaban J connectivity index is 1.07. The number of nitrogens with zero attached hydrogens (tertiary/aromatic N) is 5. The number of aromatic nitrogens is 2. The van der Waals surface area contributed by atoms with Crippen LogP contribution in [0.1, 0.15) is 43.8 Å². The Kier molecular flexibility index (Phi) is 4.55. The molecule has 1 N–H and O–H groups in total. The van der Waals surface area contributed by atoms with Crippen molar-refractivity contribution in [2.45, 2.75) is 56.2 Å². The van der Waals surface area contributed by atoms with Crippen LogP contribution in [0.2, 0.25) is 0 Å². The fraction of sp³-hybridized carbons (Fsp3) is 0.750. The van der Waals surface area contributed by atoms with Gasteiger partial charge in [-0.25, -0.2) is 9.78 Å². The van der Waals surface area contributed by atoms with E-state index in [9.17, 15) is 14.4 Å². The molecule has 166 valence electrons. The summed E-state index contributed by atoms with van der Waals surface area (Å²) in [5, 5.41) is 3.64. The van der Waals surface area contributed by atoms with Crippen molar-refractivity contribution in [2.24, 2.45) is 5.92 Å². The molecule has 10 nitrogen and oxygen atoms in total. The van der Waals surface area contributed by atoms with Crippen LogP contribution in [0, 0.1) is 5.92 Å². The third kappa shape index (κ3) is 3.62. The Labute approximate surface area is 184 Å². The molecule has 3 saturated heterocycles. The van der Waals surface area contributed by atoms with Crippen molar-refractivity contribution < 1.29 is 19.1 Å². The van der Waals surface area contributed by atoms with Crippen LogP contribution in [-0.4, -0.2) is 88.0 Å². The van der Waals surface area contributed by atoms with E-state index >= 15 is 0 Å². The van der Waals surface area contributed by atoms with Crippen LogP contribution in [0.4, 0.5) is 9.93 Å².